The fraction of sp³-hybridized carbons (Fsp3) is 0.269. The van der Waals surface area contributed by atoms with Crippen molar-refractivity contribution in [3.8, 4) is 22.6 Å². The number of aryl methyl sites for hydroxylation is 1. The largest absolute Gasteiger partial charge is 0.496 e. The first-order chi connectivity index (χ1) is 15.2. The Morgan fingerprint density at radius 1 is 1.03 bits per heavy atom. The lowest BCUT2D eigenvalue weighted by molar-refractivity contribution is -0.121. The summed E-state index contributed by atoms with van der Waals surface area (Å²) >= 11 is 0. The minimum atomic E-state index is -0.731. The molecule has 0 aliphatic carbocycles. The molecule has 6 heteroatoms. The molecule has 5 nitrogen and oxygen atoms in total. The Labute approximate surface area is 187 Å². The number of halogens is 1. The Kier molecular flexibility index (Phi) is 5.55. The van der Waals surface area contributed by atoms with Crippen molar-refractivity contribution in [1.29, 1.82) is 0 Å². The highest BCUT2D eigenvalue weighted by Crippen LogP contribution is 2.44. The number of carbonyl (C=O) groups excluding carboxylic acids is 1. The van der Waals surface area contributed by atoms with Gasteiger partial charge >= 0.3 is 0 Å². The highest BCUT2D eigenvalue weighted by Gasteiger charge is 2.38. The summed E-state index contributed by atoms with van der Waals surface area (Å²) in [6.45, 7) is 5.74. The van der Waals surface area contributed by atoms with Crippen molar-refractivity contribution in [3.05, 3.63) is 71.5 Å². The molecule has 0 saturated carbocycles. The molecule has 1 heterocycles. The second kappa shape index (κ2) is 8.19. The summed E-state index contributed by atoms with van der Waals surface area (Å²) in [5.74, 6) is 0.770. The minimum Gasteiger partial charge on any atom is -0.496 e. The average molecular weight is 435 g/mol. The Morgan fingerprint density at radius 3 is 2.53 bits per heavy atom. The third-order valence-corrected chi connectivity index (χ3v) is 5.82. The predicted octanol–water partition coefficient (Wildman–Crippen LogP) is 5.56. The van der Waals surface area contributed by atoms with E-state index in [2.05, 4.69) is 5.32 Å². The predicted molar refractivity (Wildman–Crippen MR) is 125 cm³/mol. The SMILES string of the molecule is COc1ccccc1-c1ccc2c(c1COc1cc(F)ccc1C)N(C)C(=O)C(C)(C)N2. The van der Waals surface area contributed by atoms with E-state index < -0.39 is 5.54 Å². The van der Waals surface area contributed by atoms with Crippen LogP contribution in [0.4, 0.5) is 15.8 Å². The van der Waals surface area contributed by atoms with E-state index >= 15 is 0 Å². The maximum absolute atomic E-state index is 13.8. The van der Waals surface area contributed by atoms with Crippen molar-refractivity contribution in [3.63, 3.8) is 0 Å². The molecule has 4 rings (SSSR count). The van der Waals surface area contributed by atoms with Crippen molar-refractivity contribution in [2.24, 2.45) is 0 Å². The Morgan fingerprint density at radius 2 is 1.78 bits per heavy atom. The van der Waals surface area contributed by atoms with Gasteiger partial charge in [0.25, 0.3) is 5.91 Å². The van der Waals surface area contributed by atoms with Gasteiger partial charge in [0.1, 0.15) is 29.5 Å². The van der Waals surface area contributed by atoms with Crippen molar-refractivity contribution in [1.82, 2.24) is 0 Å². The summed E-state index contributed by atoms with van der Waals surface area (Å²) in [4.78, 5) is 14.7. The number of para-hydroxylation sites is 1. The molecule has 0 atom stereocenters. The van der Waals surface area contributed by atoms with Crippen LogP contribution in [-0.2, 0) is 11.4 Å². The molecule has 1 aliphatic rings. The van der Waals surface area contributed by atoms with Crippen molar-refractivity contribution >= 4 is 17.3 Å². The monoisotopic (exact) mass is 434 g/mol. The topological polar surface area (TPSA) is 50.8 Å². The van der Waals surface area contributed by atoms with Gasteiger partial charge in [-0.15, -0.1) is 0 Å². The third-order valence-electron chi connectivity index (χ3n) is 5.82. The van der Waals surface area contributed by atoms with E-state index in [1.807, 2.05) is 57.2 Å². The van der Waals surface area contributed by atoms with Crippen LogP contribution in [0.3, 0.4) is 0 Å². The second-order valence-corrected chi connectivity index (χ2v) is 8.50. The second-order valence-electron chi connectivity index (χ2n) is 8.50. The lowest BCUT2D eigenvalue weighted by Crippen LogP contribution is -2.52. The molecule has 0 aromatic heterocycles. The number of amides is 1. The van der Waals surface area contributed by atoms with Crippen LogP contribution >= 0.6 is 0 Å². The van der Waals surface area contributed by atoms with Gasteiger partial charge in [-0.1, -0.05) is 30.3 Å². The number of hydrogen-bond donors (Lipinski definition) is 1. The minimum absolute atomic E-state index is 0.0506. The van der Waals surface area contributed by atoms with E-state index in [-0.39, 0.29) is 18.3 Å². The molecule has 3 aromatic carbocycles. The molecule has 32 heavy (non-hydrogen) atoms. The molecule has 1 amide bonds. The fourth-order valence-corrected chi connectivity index (χ4v) is 4.18. The normalized spacial score (nSPS) is 14.6. The van der Waals surface area contributed by atoms with Crippen LogP contribution in [0, 0.1) is 12.7 Å². The maximum Gasteiger partial charge on any atom is 0.251 e. The Balaban J connectivity index is 1.88. The summed E-state index contributed by atoms with van der Waals surface area (Å²) in [5.41, 5.74) is 4.27. The molecule has 0 radical (unpaired) electrons. The van der Waals surface area contributed by atoms with Gasteiger partial charge in [0.15, 0.2) is 0 Å². The first-order valence-corrected chi connectivity index (χ1v) is 10.5. The van der Waals surface area contributed by atoms with Crippen LogP contribution in [0.15, 0.2) is 54.6 Å². The van der Waals surface area contributed by atoms with Gasteiger partial charge in [0.2, 0.25) is 0 Å². The number of nitrogens with zero attached hydrogens (tertiary/aromatic N) is 1. The van der Waals surface area contributed by atoms with Crippen molar-refractivity contribution in [2.75, 3.05) is 24.4 Å². The highest BCUT2D eigenvalue weighted by atomic mass is 19.1. The summed E-state index contributed by atoms with van der Waals surface area (Å²) in [6.07, 6.45) is 0. The van der Waals surface area contributed by atoms with Gasteiger partial charge in [-0.25, -0.2) is 4.39 Å². The van der Waals surface area contributed by atoms with E-state index in [9.17, 15) is 9.18 Å². The number of hydrogen-bond acceptors (Lipinski definition) is 4. The van der Waals surface area contributed by atoms with E-state index in [1.165, 1.54) is 12.1 Å². The molecule has 0 bridgehead atoms. The van der Waals surface area contributed by atoms with Crippen LogP contribution in [0.1, 0.15) is 25.0 Å². The molecule has 3 aromatic rings. The number of benzene rings is 3. The summed E-state index contributed by atoms with van der Waals surface area (Å²) in [6, 6.07) is 16.2. The zero-order valence-electron chi connectivity index (χ0n) is 19.0. The number of nitrogens with one attached hydrogen (secondary N) is 1. The molecule has 0 unspecified atom stereocenters. The zero-order chi connectivity index (χ0) is 23.0. The van der Waals surface area contributed by atoms with Crippen molar-refractivity contribution < 1.29 is 18.7 Å². The number of ether oxygens (including phenoxy) is 2. The lowest BCUT2D eigenvalue weighted by Gasteiger charge is -2.39. The van der Waals surface area contributed by atoms with Gasteiger partial charge in [-0.05, 0) is 50.1 Å². The number of fused-ring (bicyclic) bond motifs is 1. The standard InChI is InChI=1S/C26H27FN2O3/c1-16-10-11-17(27)14-23(16)32-15-20-18(19-8-6-7-9-22(19)31-5)12-13-21-24(20)29(4)25(30)26(2,3)28-21/h6-14,28H,15H2,1-5H3. The number of likely N-dealkylation sites (N-methyl/N-ethyl adjacent to an activating group) is 1. The molecule has 166 valence electrons. The van der Waals surface area contributed by atoms with Crippen LogP contribution in [0.5, 0.6) is 11.5 Å². The van der Waals surface area contributed by atoms with E-state index in [0.717, 1.165) is 33.6 Å². The Bertz CT molecular complexity index is 1190. The van der Waals surface area contributed by atoms with Crippen molar-refractivity contribution in [2.45, 2.75) is 32.9 Å². The Hall–Kier alpha value is -3.54. The van der Waals surface area contributed by atoms with E-state index in [4.69, 9.17) is 9.47 Å². The van der Waals surface area contributed by atoms with E-state index in [0.29, 0.717) is 11.5 Å². The molecule has 1 N–H and O–H groups in total. The van der Waals surface area contributed by atoms with Gasteiger partial charge in [-0.3, -0.25) is 4.79 Å². The molecule has 0 fully saturated rings. The number of methoxy groups -OCH3 is 1. The summed E-state index contributed by atoms with van der Waals surface area (Å²) in [7, 11) is 3.40. The van der Waals surface area contributed by atoms with Crippen LogP contribution in [0.25, 0.3) is 11.1 Å². The first kappa shape index (κ1) is 21.7. The summed E-state index contributed by atoms with van der Waals surface area (Å²) in [5, 5.41) is 3.34. The quantitative estimate of drug-likeness (QED) is 0.572. The lowest BCUT2D eigenvalue weighted by atomic mass is 9.92. The zero-order valence-corrected chi connectivity index (χ0v) is 19.0. The molecule has 0 spiro atoms. The van der Waals surface area contributed by atoms with Crippen LogP contribution in [0.2, 0.25) is 0 Å². The highest BCUT2D eigenvalue weighted by molar-refractivity contribution is 6.08. The number of rotatable bonds is 5. The van der Waals surface area contributed by atoms with Gasteiger partial charge in [0, 0.05) is 24.2 Å². The fourth-order valence-electron chi connectivity index (χ4n) is 4.18. The molecule has 1 aliphatic heterocycles. The van der Waals surface area contributed by atoms with Crippen LogP contribution in [-0.4, -0.2) is 25.6 Å². The molecule has 0 saturated heterocycles. The van der Waals surface area contributed by atoms with Gasteiger partial charge in [-0.2, -0.15) is 0 Å². The first-order valence-electron chi connectivity index (χ1n) is 10.5. The average Bonchev–Trinajstić information content (AvgIpc) is 2.77. The van der Waals surface area contributed by atoms with Crippen LogP contribution < -0.4 is 19.7 Å². The van der Waals surface area contributed by atoms with Gasteiger partial charge < -0.3 is 19.7 Å². The smallest absolute Gasteiger partial charge is 0.251 e. The maximum atomic E-state index is 13.8. The number of carbonyl (C=O) groups is 1. The molecular weight excluding hydrogens is 407 g/mol. The summed E-state index contributed by atoms with van der Waals surface area (Å²) < 4.78 is 25.5. The third kappa shape index (κ3) is 3.77. The number of anilines is 2. The van der Waals surface area contributed by atoms with Gasteiger partial charge in [0.05, 0.1) is 18.5 Å². The molecular formula is C26H27FN2O3. The van der Waals surface area contributed by atoms with E-state index in [1.54, 1.807) is 25.1 Å².